The number of hydrogen-bond donors (Lipinski definition) is 2. The maximum absolute atomic E-state index is 9.53. The van der Waals surface area contributed by atoms with E-state index in [9.17, 15) is 5.11 Å². The van der Waals surface area contributed by atoms with Gasteiger partial charge < -0.3 is 15.2 Å². The standard InChI is InChI=1S/C9H20N2O2/c1-8-5-10-6-9(12)7-11(8)3-4-13-2/h8-10,12H,3-7H2,1-2H3. The minimum absolute atomic E-state index is 0.248. The SMILES string of the molecule is COCCN1CC(O)CNCC1C. The Morgan fingerprint density at radius 3 is 3.00 bits per heavy atom. The summed E-state index contributed by atoms with van der Waals surface area (Å²) in [5.74, 6) is 0. The fraction of sp³-hybridized carbons (Fsp3) is 1.00. The van der Waals surface area contributed by atoms with Crippen molar-refractivity contribution in [2.75, 3.05) is 39.9 Å². The molecule has 2 unspecified atom stereocenters. The molecule has 1 saturated heterocycles. The highest BCUT2D eigenvalue weighted by Crippen LogP contribution is 2.03. The molecule has 1 aliphatic heterocycles. The number of ether oxygens (including phenoxy) is 1. The van der Waals surface area contributed by atoms with Crippen molar-refractivity contribution in [2.45, 2.75) is 19.1 Å². The topological polar surface area (TPSA) is 44.7 Å². The molecule has 2 N–H and O–H groups in total. The average Bonchev–Trinajstić information content (AvgIpc) is 2.25. The van der Waals surface area contributed by atoms with Crippen molar-refractivity contribution in [3.63, 3.8) is 0 Å². The zero-order chi connectivity index (χ0) is 9.68. The van der Waals surface area contributed by atoms with Crippen LogP contribution in [0, 0.1) is 0 Å². The van der Waals surface area contributed by atoms with Gasteiger partial charge in [-0.15, -0.1) is 0 Å². The Hall–Kier alpha value is -0.160. The Bertz CT molecular complexity index is 144. The number of aliphatic hydroxyl groups is 1. The summed E-state index contributed by atoms with van der Waals surface area (Å²) >= 11 is 0. The molecule has 0 aromatic rings. The maximum atomic E-state index is 9.53. The lowest BCUT2D eigenvalue weighted by Crippen LogP contribution is -2.40. The number of nitrogens with zero attached hydrogens (tertiary/aromatic N) is 1. The lowest BCUT2D eigenvalue weighted by molar-refractivity contribution is 0.0863. The van der Waals surface area contributed by atoms with E-state index in [4.69, 9.17) is 4.74 Å². The van der Waals surface area contributed by atoms with E-state index in [0.29, 0.717) is 12.6 Å². The molecular weight excluding hydrogens is 168 g/mol. The third-order valence-electron chi connectivity index (χ3n) is 2.47. The minimum atomic E-state index is -0.248. The molecule has 0 bridgehead atoms. The van der Waals surface area contributed by atoms with Crippen LogP contribution in [0.15, 0.2) is 0 Å². The smallest absolute Gasteiger partial charge is 0.0791 e. The monoisotopic (exact) mass is 188 g/mol. The van der Waals surface area contributed by atoms with E-state index in [0.717, 1.165) is 26.2 Å². The summed E-state index contributed by atoms with van der Waals surface area (Å²) < 4.78 is 5.03. The molecule has 0 saturated carbocycles. The van der Waals surface area contributed by atoms with E-state index in [1.807, 2.05) is 0 Å². The molecule has 2 atom stereocenters. The van der Waals surface area contributed by atoms with Gasteiger partial charge in [-0.25, -0.2) is 0 Å². The molecular formula is C9H20N2O2. The highest BCUT2D eigenvalue weighted by atomic mass is 16.5. The molecule has 4 nitrogen and oxygen atoms in total. The summed E-state index contributed by atoms with van der Waals surface area (Å²) in [5.41, 5.74) is 0. The third kappa shape index (κ3) is 3.60. The molecule has 0 amide bonds. The Morgan fingerprint density at radius 2 is 2.31 bits per heavy atom. The van der Waals surface area contributed by atoms with Crippen molar-refractivity contribution in [1.29, 1.82) is 0 Å². The second-order valence-electron chi connectivity index (χ2n) is 3.65. The lowest BCUT2D eigenvalue weighted by Gasteiger charge is -2.26. The molecule has 0 aromatic heterocycles. The first-order chi connectivity index (χ1) is 6.24. The Kier molecular flexibility index (Phi) is 4.66. The number of aliphatic hydroxyl groups excluding tert-OH is 1. The Labute approximate surface area is 79.9 Å². The largest absolute Gasteiger partial charge is 0.390 e. The number of methoxy groups -OCH3 is 1. The van der Waals surface area contributed by atoms with Crippen molar-refractivity contribution in [1.82, 2.24) is 10.2 Å². The van der Waals surface area contributed by atoms with Gasteiger partial charge in [-0.1, -0.05) is 0 Å². The van der Waals surface area contributed by atoms with Gasteiger partial charge in [0.15, 0.2) is 0 Å². The summed E-state index contributed by atoms with van der Waals surface area (Å²) in [7, 11) is 1.71. The van der Waals surface area contributed by atoms with E-state index >= 15 is 0 Å². The van der Waals surface area contributed by atoms with Gasteiger partial charge in [0.25, 0.3) is 0 Å². The molecule has 1 fully saturated rings. The Morgan fingerprint density at radius 1 is 1.54 bits per heavy atom. The number of β-amino-alcohol motifs (C(OH)–C–C–N with tert-alkyl or cyclic N) is 1. The first kappa shape index (κ1) is 10.9. The highest BCUT2D eigenvalue weighted by Gasteiger charge is 2.20. The predicted octanol–water partition coefficient (Wildman–Crippen LogP) is -0.713. The molecule has 13 heavy (non-hydrogen) atoms. The van der Waals surface area contributed by atoms with Gasteiger partial charge in [0.1, 0.15) is 0 Å². The molecule has 0 radical (unpaired) electrons. The zero-order valence-electron chi connectivity index (χ0n) is 8.49. The van der Waals surface area contributed by atoms with Gasteiger partial charge in [0, 0.05) is 39.3 Å². The first-order valence-electron chi connectivity index (χ1n) is 4.85. The summed E-state index contributed by atoms with van der Waals surface area (Å²) in [4.78, 5) is 2.26. The van der Waals surface area contributed by atoms with Crippen LogP contribution < -0.4 is 5.32 Å². The molecule has 0 spiro atoms. The number of nitrogens with one attached hydrogen (secondary N) is 1. The van der Waals surface area contributed by atoms with Crippen LogP contribution in [0.3, 0.4) is 0 Å². The molecule has 0 aromatic carbocycles. The normalized spacial score (nSPS) is 31.6. The molecule has 0 aliphatic carbocycles. The van der Waals surface area contributed by atoms with E-state index in [1.54, 1.807) is 7.11 Å². The quantitative estimate of drug-likeness (QED) is 0.614. The second-order valence-corrected chi connectivity index (χ2v) is 3.65. The number of rotatable bonds is 3. The molecule has 78 valence electrons. The van der Waals surface area contributed by atoms with Crippen molar-refractivity contribution >= 4 is 0 Å². The van der Waals surface area contributed by atoms with Gasteiger partial charge in [0.2, 0.25) is 0 Å². The number of hydrogen-bond acceptors (Lipinski definition) is 4. The van der Waals surface area contributed by atoms with E-state index in [-0.39, 0.29) is 6.10 Å². The molecule has 4 heteroatoms. The van der Waals surface area contributed by atoms with E-state index in [1.165, 1.54) is 0 Å². The van der Waals surface area contributed by atoms with Crippen molar-refractivity contribution in [3.05, 3.63) is 0 Å². The molecule has 1 aliphatic rings. The van der Waals surface area contributed by atoms with Crippen LogP contribution in [0.1, 0.15) is 6.92 Å². The van der Waals surface area contributed by atoms with E-state index < -0.39 is 0 Å². The average molecular weight is 188 g/mol. The van der Waals surface area contributed by atoms with Gasteiger partial charge >= 0.3 is 0 Å². The predicted molar refractivity (Wildman–Crippen MR) is 51.8 cm³/mol. The van der Waals surface area contributed by atoms with Crippen molar-refractivity contribution in [2.24, 2.45) is 0 Å². The summed E-state index contributed by atoms with van der Waals surface area (Å²) in [5, 5.41) is 12.8. The van der Waals surface area contributed by atoms with Crippen LogP contribution in [-0.4, -0.2) is 62.0 Å². The zero-order valence-corrected chi connectivity index (χ0v) is 8.49. The fourth-order valence-corrected chi connectivity index (χ4v) is 1.62. The van der Waals surface area contributed by atoms with Crippen LogP contribution in [-0.2, 0) is 4.74 Å². The lowest BCUT2D eigenvalue weighted by atomic mass is 10.2. The van der Waals surface area contributed by atoms with Crippen molar-refractivity contribution in [3.8, 4) is 0 Å². The van der Waals surface area contributed by atoms with Crippen LogP contribution in [0.25, 0.3) is 0 Å². The minimum Gasteiger partial charge on any atom is -0.390 e. The highest BCUT2D eigenvalue weighted by molar-refractivity contribution is 4.78. The van der Waals surface area contributed by atoms with Crippen LogP contribution in [0.2, 0.25) is 0 Å². The van der Waals surface area contributed by atoms with Gasteiger partial charge in [-0.05, 0) is 6.92 Å². The van der Waals surface area contributed by atoms with Gasteiger partial charge in [0.05, 0.1) is 12.7 Å². The molecule has 1 rings (SSSR count). The van der Waals surface area contributed by atoms with Gasteiger partial charge in [-0.2, -0.15) is 0 Å². The summed E-state index contributed by atoms with van der Waals surface area (Å²) in [6.45, 7) is 6.19. The fourth-order valence-electron chi connectivity index (χ4n) is 1.62. The van der Waals surface area contributed by atoms with E-state index in [2.05, 4.69) is 17.1 Å². The van der Waals surface area contributed by atoms with Crippen LogP contribution in [0.4, 0.5) is 0 Å². The third-order valence-corrected chi connectivity index (χ3v) is 2.47. The van der Waals surface area contributed by atoms with Crippen molar-refractivity contribution < 1.29 is 9.84 Å². The second kappa shape index (κ2) is 5.54. The molecule has 1 heterocycles. The Balaban J connectivity index is 2.37. The van der Waals surface area contributed by atoms with Gasteiger partial charge in [-0.3, -0.25) is 4.90 Å². The maximum Gasteiger partial charge on any atom is 0.0791 e. The van der Waals surface area contributed by atoms with Crippen LogP contribution >= 0.6 is 0 Å². The first-order valence-corrected chi connectivity index (χ1v) is 4.85. The summed E-state index contributed by atoms with van der Waals surface area (Å²) in [6, 6.07) is 0.479. The van der Waals surface area contributed by atoms with Crippen LogP contribution in [0.5, 0.6) is 0 Å². The summed E-state index contributed by atoms with van der Waals surface area (Å²) in [6.07, 6.45) is -0.248.